The largest absolute Gasteiger partial charge is 0.465 e. The van der Waals surface area contributed by atoms with Crippen LogP contribution in [0.2, 0.25) is 0 Å². The second-order valence-electron chi connectivity index (χ2n) is 4.92. The first-order chi connectivity index (χ1) is 10.5. The highest BCUT2D eigenvalue weighted by Gasteiger charge is 2.22. The third-order valence-electron chi connectivity index (χ3n) is 3.53. The standard InChI is InChI=1S/C17H18O5/c1-10-14(15(11(2)22-10)17(19)21-4)9-12-5-7-13(8-6-12)16(18)20-3/h5-8H,9H2,1-4H3. The smallest absolute Gasteiger partial charge is 0.341 e. The van der Waals surface area contributed by atoms with Crippen LogP contribution < -0.4 is 0 Å². The van der Waals surface area contributed by atoms with Crippen molar-refractivity contribution in [3.8, 4) is 0 Å². The highest BCUT2D eigenvalue weighted by atomic mass is 16.5. The van der Waals surface area contributed by atoms with Crippen molar-refractivity contribution in [3.63, 3.8) is 0 Å². The van der Waals surface area contributed by atoms with Gasteiger partial charge in [0.05, 0.1) is 19.8 Å². The van der Waals surface area contributed by atoms with Gasteiger partial charge >= 0.3 is 11.9 Å². The number of carbonyl (C=O) groups is 2. The van der Waals surface area contributed by atoms with Crippen molar-refractivity contribution < 1.29 is 23.5 Å². The van der Waals surface area contributed by atoms with Crippen LogP contribution in [0.5, 0.6) is 0 Å². The molecule has 5 heteroatoms. The third kappa shape index (κ3) is 3.03. The van der Waals surface area contributed by atoms with Gasteiger partial charge in [0.15, 0.2) is 0 Å². The number of hydrogen-bond acceptors (Lipinski definition) is 5. The van der Waals surface area contributed by atoms with Crippen LogP contribution >= 0.6 is 0 Å². The van der Waals surface area contributed by atoms with Gasteiger partial charge in [-0.3, -0.25) is 0 Å². The van der Waals surface area contributed by atoms with E-state index in [2.05, 4.69) is 4.74 Å². The minimum Gasteiger partial charge on any atom is -0.465 e. The van der Waals surface area contributed by atoms with E-state index >= 15 is 0 Å². The van der Waals surface area contributed by atoms with Crippen molar-refractivity contribution in [2.45, 2.75) is 20.3 Å². The van der Waals surface area contributed by atoms with E-state index in [1.165, 1.54) is 14.2 Å². The Hall–Kier alpha value is -2.56. The maximum Gasteiger partial charge on any atom is 0.341 e. The van der Waals surface area contributed by atoms with Gasteiger partial charge < -0.3 is 13.9 Å². The van der Waals surface area contributed by atoms with E-state index in [1.807, 2.05) is 19.1 Å². The average molecular weight is 302 g/mol. The lowest BCUT2D eigenvalue weighted by Crippen LogP contribution is -2.06. The van der Waals surface area contributed by atoms with E-state index in [-0.39, 0.29) is 5.97 Å². The molecule has 0 aliphatic rings. The van der Waals surface area contributed by atoms with E-state index in [1.54, 1.807) is 19.1 Å². The lowest BCUT2D eigenvalue weighted by atomic mass is 9.99. The number of hydrogen-bond donors (Lipinski definition) is 0. The SMILES string of the molecule is COC(=O)c1ccc(Cc2c(C)oc(C)c2C(=O)OC)cc1. The van der Waals surface area contributed by atoms with Crippen molar-refractivity contribution in [2.24, 2.45) is 0 Å². The molecule has 0 amide bonds. The second kappa shape index (κ2) is 6.47. The number of methoxy groups -OCH3 is 2. The molecule has 0 fully saturated rings. The van der Waals surface area contributed by atoms with Crippen LogP contribution in [0.25, 0.3) is 0 Å². The molecule has 0 N–H and O–H groups in total. The molecular formula is C17H18O5. The minimum absolute atomic E-state index is 0.378. The Morgan fingerprint density at radius 3 is 2.09 bits per heavy atom. The lowest BCUT2D eigenvalue weighted by molar-refractivity contribution is 0.0590. The number of carbonyl (C=O) groups excluding carboxylic acids is 2. The van der Waals surface area contributed by atoms with Crippen molar-refractivity contribution in [3.05, 3.63) is 58.0 Å². The number of furan rings is 1. The summed E-state index contributed by atoms with van der Waals surface area (Å²) in [5.74, 6) is 0.452. The Kier molecular flexibility index (Phi) is 4.65. The molecule has 5 nitrogen and oxygen atoms in total. The predicted molar refractivity (Wildman–Crippen MR) is 80.1 cm³/mol. The number of benzene rings is 1. The van der Waals surface area contributed by atoms with Gasteiger partial charge in [0.25, 0.3) is 0 Å². The van der Waals surface area contributed by atoms with Crippen molar-refractivity contribution >= 4 is 11.9 Å². The molecule has 0 saturated heterocycles. The molecule has 0 bridgehead atoms. The van der Waals surface area contributed by atoms with Crippen LogP contribution in [0, 0.1) is 13.8 Å². The van der Waals surface area contributed by atoms with E-state index < -0.39 is 5.97 Å². The van der Waals surface area contributed by atoms with Gasteiger partial charge in [0.1, 0.15) is 17.1 Å². The first kappa shape index (κ1) is 15.8. The van der Waals surface area contributed by atoms with Crippen LogP contribution in [0.15, 0.2) is 28.7 Å². The first-order valence-corrected chi connectivity index (χ1v) is 6.82. The summed E-state index contributed by atoms with van der Waals surface area (Å²) in [4.78, 5) is 23.3. The maximum absolute atomic E-state index is 11.9. The zero-order chi connectivity index (χ0) is 16.3. The van der Waals surface area contributed by atoms with E-state index in [9.17, 15) is 9.59 Å². The summed E-state index contributed by atoms with van der Waals surface area (Å²) in [7, 11) is 2.69. The Bertz CT molecular complexity index is 695. The van der Waals surface area contributed by atoms with Crippen LogP contribution in [0.1, 0.15) is 43.4 Å². The van der Waals surface area contributed by atoms with Gasteiger partial charge in [0.2, 0.25) is 0 Å². The number of rotatable bonds is 4. The maximum atomic E-state index is 11.9. The third-order valence-corrected chi connectivity index (χ3v) is 3.53. The molecule has 0 unspecified atom stereocenters. The normalized spacial score (nSPS) is 10.4. The fourth-order valence-corrected chi connectivity index (χ4v) is 2.39. The Morgan fingerprint density at radius 2 is 1.55 bits per heavy atom. The summed E-state index contributed by atoms with van der Waals surface area (Å²) >= 11 is 0. The Labute approximate surface area is 128 Å². The molecule has 116 valence electrons. The van der Waals surface area contributed by atoms with Crippen LogP contribution in [-0.2, 0) is 15.9 Å². The van der Waals surface area contributed by atoms with Crippen molar-refractivity contribution in [1.29, 1.82) is 0 Å². The van der Waals surface area contributed by atoms with Gasteiger partial charge in [-0.25, -0.2) is 9.59 Å². The molecule has 0 aliphatic carbocycles. The lowest BCUT2D eigenvalue weighted by Gasteiger charge is -2.05. The molecule has 1 aromatic carbocycles. The van der Waals surface area contributed by atoms with E-state index in [4.69, 9.17) is 9.15 Å². The molecule has 2 rings (SSSR count). The number of esters is 2. The first-order valence-electron chi connectivity index (χ1n) is 6.82. The Balaban J connectivity index is 2.31. The highest BCUT2D eigenvalue weighted by Crippen LogP contribution is 2.25. The number of aryl methyl sites for hydroxylation is 2. The molecule has 0 radical (unpaired) electrons. The predicted octanol–water partition coefficient (Wildman–Crippen LogP) is 3.06. The molecule has 1 aromatic heterocycles. The monoisotopic (exact) mass is 302 g/mol. The van der Waals surface area contributed by atoms with Gasteiger partial charge in [-0.05, 0) is 31.5 Å². The zero-order valence-corrected chi connectivity index (χ0v) is 13.1. The van der Waals surface area contributed by atoms with Crippen LogP contribution in [0.4, 0.5) is 0 Å². The molecule has 0 saturated carbocycles. The molecular weight excluding hydrogens is 284 g/mol. The average Bonchev–Trinajstić information content (AvgIpc) is 2.80. The summed E-state index contributed by atoms with van der Waals surface area (Å²) < 4.78 is 15.0. The fourth-order valence-electron chi connectivity index (χ4n) is 2.39. The van der Waals surface area contributed by atoms with Gasteiger partial charge in [-0.15, -0.1) is 0 Å². The zero-order valence-electron chi connectivity index (χ0n) is 13.1. The summed E-state index contributed by atoms with van der Waals surface area (Å²) in [5, 5.41) is 0. The van der Waals surface area contributed by atoms with Gasteiger partial charge in [0, 0.05) is 12.0 Å². The minimum atomic E-state index is -0.407. The molecule has 1 heterocycles. The van der Waals surface area contributed by atoms with Crippen molar-refractivity contribution in [1.82, 2.24) is 0 Å². The number of ether oxygens (including phenoxy) is 2. The highest BCUT2D eigenvalue weighted by molar-refractivity contribution is 5.92. The molecule has 22 heavy (non-hydrogen) atoms. The molecule has 0 aliphatic heterocycles. The summed E-state index contributed by atoms with van der Waals surface area (Å²) in [6.45, 7) is 3.56. The molecule has 0 atom stereocenters. The quantitative estimate of drug-likeness (QED) is 0.812. The molecule has 0 spiro atoms. The van der Waals surface area contributed by atoms with Gasteiger partial charge in [-0.1, -0.05) is 12.1 Å². The second-order valence-corrected chi connectivity index (χ2v) is 4.92. The van der Waals surface area contributed by atoms with Crippen molar-refractivity contribution in [2.75, 3.05) is 14.2 Å². The molecule has 2 aromatic rings. The Morgan fingerprint density at radius 1 is 0.955 bits per heavy atom. The fraction of sp³-hybridized carbons (Fsp3) is 0.294. The van der Waals surface area contributed by atoms with Crippen LogP contribution in [-0.4, -0.2) is 26.2 Å². The summed E-state index contributed by atoms with van der Waals surface area (Å²) in [5.41, 5.74) is 2.72. The van der Waals surface area contributed by atoms with Gasteiger partial charge in [-0.2, -0.15) is 0 Å². The summed E-state index contributed by atoms with van der Waals surface area (Å²) in [6, 6.07) is 7.05. The van der Waals surface area contributed by atoms with E-state index in [0.717, 1.165) is 11.1 Å². The van der Waals surface area contributed by atoms with Crippen LogP contribution in [0.3, 0.4) is 0 Å². The topological polar surface area (TPSA) is 65.7 Å². The summed E-state index contributed by atoms with van der Waals surface area (Å²) in [6.07, 6.45) is 0.523. The van der Waals surface area contributed by atoms with E-state index in [0.29, 0.717) is 29.1 Å².